The molecule has 1 fully saturated rings. The topological polar surface area (TPSA) is 78.0 Å². The highest BCUT2D eigenvalue weighted by atomic mass is 127. The van der Waals surface area contributed by atoms with E-state index in [0.717, 1.165) is 30.9 Å². The van der Waals surface area contributed by atoms with Gasteiger partial charge in [-0.2, -0.15) is 0 Å². The average molecular weight is 583 g/mol. The molecule has 8 nitrogen and oxygen atoms in total. The number of amides is 2. The number of alkyl halides is 1. The molecule has 2 amide bonds. The first-order valence-electron chi connectivity index (χ1n) is 11.4. The summed E-state index contributed by atoms with van der Waals surface area (Å²) in [6.45, 7) is 1.55. The molecular weight excluding hydrogens is 557 g/mol. The molecule has 0 spiro atoms. The lowest BCUT2D eigenvalue weighted by atomic mass is 10.1. The number of carbonyl (C=O) groups excluding carboxylic acids is 2. The predicted molar refractivity (Wildman–Crippen MR) is 146 cm³/mol. The Kier molecular flexibility index (Phi) is 6.26. The van der Waals surface area contributed by atoms with Crippen LogP contribution >= 0.6 is 22.6 Å². The number of benzene rings is 2. The summed E-state index contributed by atoms with van der Waals surface area (Å²) in [5, 5.41) is 3.31. The fourth-order valence-electron chi connectivity index (χ4n) is 4.55. The number of ether oxygens (including phenoxy) is 1. The summed E-state index contributed by atoms with van der Waals surface area (Å²) in [5.41, 5.74) is 4.33. The second-order valence-electron chi connectivity index (χ2n) is 8.68. The molecule has 3 heterocycles. The van der Waals surface area contributed by atoms with E-state index in [1.54, 1.807) is 31.3 Å². The molecule has 1 atom stereocenters. The Balaban J connectivity index is 1.45. The Hall–Kier alpha value is -3.34. The van der Waals surface area contributed by atoms with Crippen molar-refractivity contribution >= 4 is 63.0 Å². The zero-order valence-corrected chi connectivity index (χ0v) is 21.9. The number of fused-ring (bicyclic) bond motifs is 2. The number of nitrogens with zero attached hydrogens (tertiary/aromatic N) is 4. The molecule has 2 aliphatic heterocycles. The van der Waals surface area contributed by atoms with Gasteiger partial charge in [-0.1, -0.05) is 34.7 Å². The van der Waals surface area contributed by atoms with E-state index >= 15 is 0 Å². The van der Waals surface area contributed by atoms with Crippen molar-refractivity contribution in [3.63, 3.8) is 0 Å². The van der Waals surface area contributed by atoms with E-state index < -0.39 is 0 Å². The molecule has 1 N–H and O–H groups in total. The van der Waals surface area contributed by atoms with Gasteiger partial charge in [0.1, 0.15) is 11.6 Å². The zero-order valence-electron chi connectivity index (χ0n) is 19.8. The number of para-hydroxylation sites is 1. The van der Waals surface area contributed by atoms with Gasteiger partial charge in [0, 0.05) is 42.7 Å². The van der Waals surface area contributed by atoms with Crippen molar-refractivity contribution in [3.05, 3.63) is 65.9 Å². The third-order valence-electron chi connectivity index (χ3n) is 6.51. The van der Waals surface area contributed by atoms with Gasteiger partial charge < -0.3 is 24.8 Å². The van der Waals surface area contributed by atoms with E-state index in [9.17, 15) is 9.59 Å². The minimum absolute atomic E-state index is 0.0187. The first-order valence-corrected chi connectivity index (χ1v) is 12.6. The van der Waals surface area contributed by atoms with Gasteiger partial charge >= 0.3 is 0 Å². The number of methoxy groups -OCH3 is 1. The molecule has 3 aromatic rings. The van der Waals surface area contributed by atoms with Gasteiger partial charge in [-0.05, 0) is 36.8 Å². The number of hydrogen-bond acceptors (Lipinski definition) is 6. The van der Waals surface area contributed by atoms with Crippen molar-refractivity contribution in [2.75, 3.05) is 49.4 Å². The molecule has 2 aromatic carbocycles. The molecule has 2 aliphatic rings. The third kappa shape index (κ3) is 4.29. The lowest BCUT2D eigenvalue weighted by molar-refractivity contribution is 0.0793. The number of aromatic nitrogens is 1. The summed E-state index contributed by atoms with van der Waals surface area (Å²) < 4.78 is 6.10. The fraction of sp³-hybridized carbons (Fsp3) is 0.269. The molecule has 0 bridgehead atoms. The van der Waals surface area contributed by atoms with Gasteiger partial charge in [0.25, 0.3) is 11.8 Å². The number of carbonyl (C=O) groups is 2. The van der Waals surface area contributed by atoms with Gasteiger partial charge in [0.05, 0.1) is 41.6 Å². The highest BCUT2D eigenvalue weighted by molar-refractivity contribution is 14.1. The zero-order chi connectivity index (χ0) is 24.7. The lowest BCUT2D eigenvalue weighted by Gasteiger charge is -2.23. The summed E-state index contributed by atoms with van der Waals surface area (Å²) >= 11 is 2.39. The number of likely N-dealkylation sites (tertiary alicyclic amines) is 1. The molecule has 5 rings (SSSR count). The molecule has 0 saturated carbocycles. The van der Waals surface area contributed by atoms with Crippen molar-refractivity contribution in [1.82, 2.24) is 9.88 Å². The van der Waals surface area contributed by atoms with E-state index in [1.165, 1.54) is 0 Å². The van der Waals surface area contributed by atoms with Crippen LogP contribution in [-0.4, -0.2) is 59.9 Å². The summed E-state index contributed by atoms with van der Waals surface area (Å²) in [5.74, 6) is 1.09. The largest absolute Gasteiger partial charge is 0.495 e. The SMILES string of the molecule is COc1cc(C(=O)N2CCC(I)C2)ccc1Nc1cc2c(cn1)N(C)C(=O)c1ccccc1N2C. The highest BCUT2D eigenvalue weighted by Gasteiger charge is 2.28. The third-order valence-corrected chi connectivity index (χ3v) is 7.53. The Morgan fingerprint density at radius 1 is 1.09 bits per heavy atom. The number of rotatable bonds is 4. The average Bonchev–Trinajstić information content (AvgIpc) is 3.30. The summed E-state index contributed by atoms with van der Waals surface area (Å²) in [6.07, 6.45) is 2.71. The maximum absolute atomic E-state index is 13.0. The number of pyridine rings is 1. The molecule has 0 radical (unpaired) electrons. The quantitative estimate of drug-likeness (QED) is 0.350. The second-order valence-corrected chi connectivity index (χ2v) is 10.4. The minimum atomic E-state index is -0.0810. The number of anilines is 5. The molecule has 1 aromatic heterocycles. The Labute approximate surface area is 218 Å². The summed E-state index contributed by atoms with van der Waals surface area (Å²) in [6, 6.07) is 14.9. The van der Waals surface area contributed by atoms with Gasteiger partial charge in [-0.3, -0.25) is 9.59 Å². The van der Waals surface area contributed by atoms with Crippen LogP contribution < -0.4 is 19.9 Å². The predicted octanol–water partition coefficient (Wildman–Crippen LogP) is 4.84. The van der Waals surface area contributed by atoms with Crippen molar-refractivity contribution in [1.29, 1.82) is 0 Å². The monoisotopic (exact) mass is 583 g/mol. The smallest absolute Gasteiger partial charge is 0.260 e. The second kappa shape index (κ2) is 9.37. The van der Waals surface area contributed by atoms with Crippen LogP contribution in [0.2, 0.25) is 0 Å². The van der Waals surface area contributed by atoms with Crippen LogP contribution in [0.4, 0.5) is 28.6 Å². The maximum atomic E-state index is 13.0. The number of halogens is 1. The summed E-state index contributed by atoms with van der Waals surface area (Å²) in [7, 11) is 5.28. The first-order chi connectivity index (χ1) is 16.9. The van der Waals surface area contributed by atoms with E-state index in [-0.39, 0.29) is 11.8 Å². The molecule has 9 heteroatoms. The molecule has 0 aliphatic carbocycles. The van der Waals surface area contributed by atoms with Gasteiger partial charge in [0.15, 0.2) is 0 Å². The van der Waals surface area contributed by atoms with Crippen LogP contribution in [0.1, 0.15) is 27.1 Å². The molecule has 1 saturated heterocycles. The summed E-state index contributed by atoms with van der Waals surface area (Å²) in [4.78, 5) is 36.0. The Morgan fingerprint density at radius 3 is 2.63 bits per heavy atom. The van der Waals surface area contributed by atoms with Crippen LogP contribution in [0.3, 0.4) is 0 Å². The van der Waals surface area contributed by atoms with Gasteiger partial charge in [0.2, 0.25) is 0 Å². The Morgan fingerprint density at radius 2 is 1.89 bits per heavy atom. The molecular formula is C26H26IN5O3. The molecule has 1 unspecified atom stereocenters. The fourth-order valence-corrected chi connectivity index (χ4v) is 5.30. The van der Waals surface area contributed by atoms with Crippen LogP contribution in [0.25, 0.3) is 0 Å². The lowest BCUT2D eigenvalue weighted by Crippen LogP contribution is -2.28. The van der Waals surface area contributed by atoms with E-state index in [2.05, 4.69) is 32.9 Å². The first kappa shape index (κ1) is 23.4. The van der Waals surface area contributed by atoms with E-state index in [0.29, 0.717) is 38.0 Å². The molecule has 180 valence electrons. The van der Waals surface area contributed by atoms with Crippen molar-refractivity contribution < 1.29 is 14.3 Å². The maximum Gasteiger partial charge on any atom is 0.260 e. The van der Waals surface area contributed by atoms with Crippen LogP contribution in [0.5, 0.6) is 5.75 Å². The standard InChI is InChI=1S/C26H26IN5O3/c1-30-20-7-5-4-6-18(20)26(34)31(2)22-14-28-24(13-21(22)30)29-19-9-8-16(12-23(19)35-3)25(33)32-11-10-17(27)15-32/h4-9,12-14,17H,10-11,15H2,1-3H3,(H,28,29). The Bertz CT molecular complexity index is 1310. The normalized spacial score (nSPS) is 17.1. The van der Waals surface area contributed by atoms with Crippen LogP contribution in [0, 0.1) is 0 Å². The van der Waals surface area contributed by atoms with Crippen LogP contribution in [0.15, 0.2) is 54.7 Å². The van der Waals surface area contributed by atoms with E-state index in [1.807, 2.05) is 59.3 Å². The minimum Gasteiger partial charge on any atom is -0.495 e. The van der Waals surface area contributed by atoms with Crippen LogP contribution in [-0.2, 0) is 0 Å². The van der Waals surface area contributed by atoms with Crippen molar-refractivity contribution in [2.24, 2.45) is 0 Å². The van der Waals surface area contributed by atoms with Gasteiger partial charge in [-0.15, -0.1) is 0 Å². The van der Waals surface area contributed by atoms with Gasteiger partial charge in [-0.25, -0.2) is 4.98 Å². The van der Waals surface area contributed by atoms with Crippen molar-refractivity contribution in [3.8, 4) is 5.75 Å². The van der Waals surface area contributed by atoms with Crippen molar-refractivity contribution in [2.45, 2.75) is 10.3 Å². The molecule has 35 heavy (non-hydrogen) atoms. The van der Waals surface area contributed by atoms with E-state index in [4.69, 9.17) is 4.74 Å². The number of nitrogens with one attached hydrogen (secondary N) is 1. The number of hydrogen-bond donors (Lipinski definition) is 1. The highest BCUT2D eigenvalue weighted by Crippen LogP contribution is 2.40.